The highest BCUT2D eigenvalue weighted by Gasteiger charge is 2.17. The van der Waals surface area contributed by atoms with Gasteiger partial charge in [0.05, 0.1) is 5.56 Å². The number of hydrogen-bond donors (Lipinski definition) is 2. The number of phenolic OH excluding ortho intramolecular Hbond substituents is 1. The topological polar surface area (TPSA) is 79.6 Å². The number of methoxy groups -OCH3 is 1. The minimum atomic E-state index is -0.230. The number of ketones is 1. The molecule has 33 heavy (non-hydrogen) atoms. The standard InChI is InChI=1S/C28H31NO4/c1-5-7-25-26(15-14-24(19(3)30)27(25)31)33-17-20-10-12-21(13-11-20)28(32-4)23-9-6-8-22(16-23)18(2)29/h6,8-16,28-29,31H,5,7,17H2,1-4H3. The zero-order valence-electron chi connectivity index (χ0n) is 19.6. The minimum absolute atomic E-state index is 0.0162. The highest BCUT2D eigenvalue weighted by atomic mass is 16.5. The minimum Gasteiger partial charge on any atom is -0.507 e. The molecule has 0 saturated heterocycles. The summed E-state index contributed by atoms with van der Waals surface area (Å²) < 4.78 is 11.8. The fourth-order valence-corrected chi connectivity index (χ4v) is 3.88. The molecule has 0 spiro atoms. The number of hydrogen-bond acceptors (Lipinski definition) is 5. The lowest BCUT2D eigenvalue weighted by atomic mass is 9.97. The van der Waals surface area contributed by atoms with Crippen LogP contribution in [-0.2, 0) is 17.8 Å². The Morgan fingerprint density at radius 2 is 1.76 bits per heavy atom. The number of carbonyl (C=O) groups is 1. The first kappa shape index (κ1) is 24.2. The van der Waals surface area contributed by atoms with Crippen LogP contribution in [0.1, 0.15) is 71.5 Å². The number of ether oxygens (including phenoxy) is 2. The summed E-state index contributed by atoms with van der Waals surface area (Å²) in [6.45, 7) is 5.58. The van der Waals surface area contributed by atoms with Crippen LogP contribution in [0.3, 0.4) is 0 Å². The molecule has 1 atom stereocenters. The first-order chi connectivity index (χ1) is 15.8. The lowest BCUT2D eigenvalue weighted by Gasteiger charge is -2.18. The number of Topliss-reactive ketones (excluding diaryl/α,β-unsaturated/α-hetero) is 1. The van der Waals surface area contributed by atoms with E-state index in [2.05, 4.69) is 0 Å². The SMILES string of the molecule is CCCc1c(OCc2ccc(C(OC)c3cccc(C(C)=N)c3)cc2)ccc(C(C)=O)c1O. The highest BCUT2D eigenvalue weighted by Crippen LogP contribution is 2.33. The summed E-state index contributed by atoms with van der Waals surface area (Å²) in [5, 5.41) is 18.4. The summed E-state index contributed by atoms with van der Waals surface area (Å²) in [5.74, 6) is 0.445. The van der Waals surface area contributed by atoms with Crippen molar-refractivity contribution in [3.63, 3.8) is 0 Å². The van der Waals surface area contributed by atoms with E-state index in [4.69, 9.17) is 14.9 Å². The zero-order chi connectivity index (χ0) is 24.0. The number of aromatic hydroxyl groups is 1. The molecule has 5 nitrogen and oxygen atoms in total. The molecule has 3 rings (SSSR count). The van der Waals surface area contributed by atoms with Crippen LogP contribution in [0.25, 0.3) is 0 Å². The zero-order valence-corrected chi connectivity index (χ0v) is 19.6. The molecule has 0 aromatic heterocycles. The Bertz CT molecular complexity index is 1140. The molecule has 0 amide bonds. The maximum Gasteiger partial charge on any atom is 0.163 e. The quantitative estimate of drug-likeness (QED) is 0.285. The fraction of sp³-hybridized carbons (Fsp3) is 0.286. The number of rotatable bonds is 10. The second-order valence-electron chi connectivity index (χ2n) is 8.14. The van der Waals surface area contributed by atoms with E-state index < -0.39 is 0 Å². The van der Waals surface area contributed by atoms with Crippen molar-refractivity contribution in [2.75, 3.05) is 7.11 Å². The normalized spacial score (nSPS) is 11.8. The maximum atomic E-state index is 11.8. The van der Waals surface area contributed by atoms with Crippen molar-refractivity contribution >= 4 is 11.5 Å². The second-order valence-corrected chi connectivity index (χ2v) is 8.14. The maximum absolute atomic E-state index is 11.8. The van der Waals surface area contributed by atoms with Gasteiger partial charge in [0.2, 0.25) is 0 Å². The molecule has 1 unspecified atom stereocenters. The van der Waals surface area contributed by atoms with Crippen molar-refractivity contribution in [3.05, 3.63) is 94.0 Å². The smallest absolute Gasteiger partial charge is 0.163 e. The molecular formula is C28H31NO4. The van der Waals surface area contributed by atoms with Gasteiger partial charge in [-0.2, -0.15) is 0 Å². The van der Waals surface area contributed by atoms with E-state index in [-0.39, 0.29) is 17.6 Å². The predicted molar refractivity (Wildman–Crippen MR) is 131 cm³/mol. The molecule has 0 aliphatic carbocycles. The van der Waals surface area contributed by atoms with Gasteiger partial charge in [-0.1, -0.05) is 55.8 Å². The molecule has 2 N–H and O–H groups in total. The molecule has 0 aliphatic heterocycles. The Kier molecular flexibility index (Phi) is 8.01. The van der Waals surface area contributed by atoms with Crippen LogP contribution in [-0.4, -0.2) is 23.7 Å². The summed E-state index contributed by atoms with van der Waals surface area (Å²) in [7, 11) is 1.68. The van der Waals surface area contributed by atoms with Gasteiger partial charge in [0, 0.05) is 18.4 Å². The fourth-order valence-electron chi connectivity index (χ4n) is 3.88. The van der Waals surface area contributed by atoms with Crippen LogP contribution >= 0.6 is 0 Å². The lowest BCUT2D eigenvalue weighted by molar-refractivity contribution is 0.101. The van der Waals surface area contributed by atoms with Crippen molar-refractivity contribution in [2.45, 2.75) is 46.3 Å². The summed E-state index contributed by atoms with van der Waals surface area (Å²) in [5.41, 5.74) is 5.37. The van der Waals surface area contributed by atoms with Crippen LogP contribution in [0, 0.1) is 5.41 Å². The number of benzene rings is 3. The average molecular weight is 446 g/mol. The molecule has 0 heterocycles. The summed E-state index contributed by atoms with van der Waals surface area (Å²) in [6, 6.07) is 19.2. The predicted octanol–water partition coefficient (Wildman–Crippen LogP) is 6.25. The summed E-state index contributed by atoms with van der Waals surface area (Å²) in [4.78, 5) is 11.8. The number of nitrogens with one attached hydrogen (secondary N) is 1. The largest absolute Gasteiger partial charge is 0.507 e. The van der Waals surface area contributed by atoms with Crippen molar-refractivity contribution in [1.29, 1.82) is 5.41 Å². The Balaban J connectivity index is 1.77. The molecule has 3 aromatic rings. The highest BCUT2D eigenvalue weighted by molar-refractivity contribution is 5.97. The van der Waals surface area contributed by atoms with Gasteiger partial charge in [-0.3, -0.25) is 4.79 Å². The van der Waals surface area contributed by atoms with E-state index in [1.807, 2.05) is 55.5 Å². The Morgan fingerprint density at radius 1 is 1.03 bits per heavy atom. The third kappa shape index (κ3) is 5.68. The van der Waals surface area contributed by atoms with Gasteiger partial charge in [-0.15, -0.1) is 0 Å². The second kappa shape index (κ2) is 10.9. The van der Waals surface area contributed by atoms with E-state index in [9.17, 15) is 9.90 Å². The van der Waals surface area contributed by atoms with Crippen LogP contribution in [0.4, 0.5) is 0 Å². The van der Waals surface area contributed by atoms with Gasteiger partial charge >= 0.3 is 0 Å². The van der Waals surface area contributed by atoms with Gasteiger partial charge < -0.3 is 20.0 Å². The van der Waals surface area contributed by atoms with E-state index >= 15 is 0 Å². The van der Waals surface area contributed by atoms with Gasteiger partial charge in [-0.25, -0.2) is 0 Å². The Hall–Kier alpha value is -3.44. The lowest BCUT2D eigenvalue weighted by Crippen LogP contribution is -2.06. The Labute approximate surface area is 195 Å². The average Bonchev–Trinajstić information content (AvgIpc) is 2.81. The molecule has 3 aromatic carbocycles. The first-order valence-electron chi connectivity index (χ1n) is 11.1. The van der Waals surface area contributed by atoms with Crippen molar-refractivity contribution in [2.24, 2.45) is 0 Å². The summed E-state index contributed by atoms with van der Waals surface area (Å²) >= 11 is 0. The molecule has 0 aliphatic rings. The third-order valence-corrected chi connectivity index (χ3v) is 5.65. The van der Waals surface area contributed by atoms with Gasteiger partial charge in [0.25, 0.3) is 0 Å². The van der Waals surface area contributed by atoms with Gasteiger partial charge in [-0.05, 0) is 60.7 Å². The van der Waals surface area contributed by atoms with E-state index in [0.29, 0.717) is 35.6 Å². The van der Waals surface area contributed by atoms with Crippen molar-refractivity contribution < 1.29 is 19.4 Å². The number of carbonyl (C=O) groups excluding carboxylic acids is 1. The molecular weight excluding hydrogens is 414 g/mol. The van der Waals surface area contributed by atoms with Crippen LogP contribution < -0.4 is 4.74 Å². The van der Waals surface area contributed by atoms with Gasteiger partial charge in [0.1, 0.15) is 24.2 Å². The number of phenols is 1. The van der Waals surface area contributed by atoms with Crippen LogP contribution in [0.5, 0.6) is 11.5 Å². The van der Waals surface area contributed by atoms with Crippen molar-refractivity contribution in [3.8, 4) is 11.5 Å². The monoisotopic (exact) mass is 445 g/mol. The van der Waals surface area contributed by atoms with Crippen molar-refractivity contribution in [1.82, 2.24) is 0 Å². The first-order valence-corrected chi connectivity index (χ1v) is 11.1. The van der Waals surface area contributed by atoms with E-state index in [1.54, 1.807) is 26.2 Å². The molecule has 0 radical (unpaired) electrons. The molecule has 0 fully saturated rings. The van der Waals surface area contributed by atoms with E-state index in [0.717, 1.165) is 28.7 Å². The molecule has 172 valence electrons. The van der Waals surface area contributed by atoms with Gasteiger partial charge in [0.15, 0.2) is 5.78 Å². The Morgan fingerprint density at radius 3 is 2.36 bits per heavy atom. The molecule has 0 bridgehead atoms. The summed E-state index contributed by atoms with van der Waals surface area (Å²) in [6.07, 6.45) is 1.23. The molecule has 5 heteroatoms. The van der Waals surface area contributed by atoms with Crippen LogP contribution in [0.2, 0.25) is 0 Å². The third-order valence-electron chi connectivity index (χ3n) is 5.65. The van der Waals surface area contributed by atoms with E-state index in [1.165, 1.54) is 6.92 Å². The van der Waals surface area contributed by atoms with Crippen LogP contribution in [0.15, 0.2) is 60.7 Å². The molecule has 0 saturated carbocycles.